The molecular formula is C26H38N4O. The second kappa shape index (κ2) is 13.3. The highest BCUT2D eigenvalue weighted by atomic mass is 16.5. The molecule has 0 fully saturated rings. The predicted octanol–water partition coefficient (Wildman–Crippen LogP) is 7.48. The van der Waals surface area contributed by atoms with E-state index in [1.165, 1.54) is 5.57 Å². The number of nitrogens with zero attached hydrogens (tertiary/aromatic N) is 3. The Morgan fingerprint density at radius 3 is 2.45 bits per heavy atom. The molecule has 0 unspecified atom stereocenters. The summed E-state index contributed by atoms with van der Waals surface area (Å²) in [5.41, 5.74) is 6.27. The van der Waals surface area contributed by atoms with Gasteiger partial charge in [0.05, 0.1) is 23.3 Å². The van der Waals surface area contributed by atoms with Gasteiger partial charge in [-0.25, -0.2) is 4.98 Å². The summed E-state index contributed by atoms with van der Waals surface area (Å²) in [6.45, 7) is 21.3. The number of imidazole rings is 1. The van der Waals surface area contributed by atoms with Crippen LogP contribution in [0.5, 0.6) is 0 Å². The number of rotatable bonds is 7. The maximum absolute atomic E-state index is 5.35. The molecule has 0 aliphatic carbocycles. The number of allylic oxidation sites excluding steroid dienone is 5. The van der Waals surface area contributed by atoms with Crippen molar-refractivity contribution >= 4 is 17.0 Å². The second-order valence-electron chi connectivity index (χ2n) is 6.41. The van der Waals surface area contributed by atoms with Crippen molar-refractivity contribution in [3.05, 3.63) is 66.1 Å². The Hall–Kier alpha value is -3.08. The highest BCUT2D eigenvalue weighted by molar-refractivity contribution is 5.85. The van der Waals surface area contributed by atoms with E-state index < -0.39 is 0 Å². The Morgan fingerprint density at radius 2 is 1.90 bits per heavy atom. The number of aromatic nitrogens is 3. The van der Waals surface area contributed by atoms with Gasteiger partial charge in [0.2, 0.25) is 5.95 Å². The van der Waals surface area contributed by atoms with E-state index >= 15 is 0 Å². The van der Waals surface area contributed by atoms with Crippen molar-refractivity contribution in [1.29, 1.82) is 0 Å². The third kappa shape index (κ3) is 6.20. The standard InChI is InChI=1S/C22H26N4O.2C2H6/c1-6-9-10-17(7-2)14-26-20-13-18(21-15(4)25-27-16(21)5)11-12-19(20)24-22(26)23-8-3;2*1-2/h6-7,9-13H,1,8,14H2,2-5H3,(H,23,24);2*1-2H3/b10-9-,17-7+;;. The highest BCUT2D eigenvalue weighted by Gasteiger charge is 2.16. The van der Waals surface area contributed by atoms with Crippen LogP contribution >= 0.6 is 0 Å². The molecular weight excluding hydrogens is 384 g/mol. The fraction of sp³-hybridized carbons (Fsp3) is 0.385. The molecule has 2 aromatic heterocycles. The molecule has 1 aromatic carbocycles. The summed E-state index contributed by atoms with van der Waals surface area (Å²) in [6.07, 6.45) is 7.93. The van der Waals surface area contributed by atoms with Crippen LogP contribution in [0.2, 0.25) is 0 Å². The van der Waals surface area contributed by atoms with Crippen LogP contribution < -0.4 is 5.32 Å². The minimum Gasteiger partial charge on any atom is -0.361 e. The Bertz CT molecular complexity index is 1000. The van der Waals surface area contributed by atoms with Crippen LogP contribution in [0.3, 0.4) is 0 Å². The second-order valence-corrected chi connectivity index (χ2v) is 6.41. The monoisotopic (exact) mass is 422 g/mol. The molecule has 2 heterocycles. The molecule has 0 radical (unpaired) electrons. The molecule has 31 heavy (non-hydrogen) atoms. The van der Waals surface area contributed by atoms with Crippen molar-refractivity contribution in [2.45, 2.75) is 61.9 Å². The molecule has 0 bridgehead atoms. The molecule has 1 N–H and O–H groups in total. The van der Waals surface area contributed by atoms with Gasteiger partial charge in [0, 0.05) is 12.1 Å². The summed E-state index contributed by atoms with van der Waals surface area (Å²) < 4.78 is 7.56. The number of fused-ring (bicyclic) bond motifs is 1. The third-order valence-corrected chi connectivity index (χ3v) is 4.56. The predicted molar refractivity (Wildman–Crippen MR) is 135 cm³/mol. The van der Waals surface area contributed by atoms with Crippen LogP contribution in [-0.4, -0.2) is 21.3 Å². The lowest BCUT2D eigenvalue weighted by Gasteiger charge is -2.11. The molecule has 0 saturated heterocycles. The SMILES string of the molecule is C=C/C=C\C(=C/C)Cn1c(NCC)nc2ccc(-c3c(C)noc3C)cc21.CC.CC. The van der Waals surface area contributed by atoms with Gasteiger partial charge in [0.25, 0.3) is 0 Å². The molecule has 5 nitrogen and oxygen atoms in total. The normalized spacial score (nSPS) is 11.0. The number of hydrogen-bond acceptors (Lipinski definition) is 4. The molecule has 5 heteroatoms. The summed E-state index contributed by atoms with van der Waals surface area (Å²) in [6, 6.07) is 6.30. The Balaban J connectivity index is 0.00000113. The lowest BCUT2D eigenvalue weighted by atomic mass is 10.0. The van der Waals surface area contributed by atoms with Crippen molar-refractivity contribution in [2.24, 2.45) is 0 Å². The van der Waals surface area contributed by atoms with Gasteiger partial charge in [-0.2, -0.15) is 0 Å². The maximum atomic E-state index is 5.35. The summed E-state index contributed by atoms with van der Waals surface area (Å²) in [5, 5.41) is 7.47. The zero-order valence-corrected chi connectivity index (χ0v) is 20.4. The number of anilines is 1. The van der Waals surface area contributed by atoms with Gasteiger partial charge >= 0.3 is 0 Å². The number of benzene rings is 1. The minimum atomic E-state index is 0.727. The number of nitrogens with one attached hydrogen (secondary N) is 1. The Kier molecular flexibility index (Phi) is 11.1. The zero-order valence-electron chi connectivity index (χ0n) is 20.4. The van der Waals surface area contributed by atoms with E-state index in [0.717, 1.165) is 52.7 Å². The van der Waals surface area contributed by atoms with E-state index in [4.69, 9.17) is 9.51 Å². The summed E-state index contributed by atoms with van der Waals surface area (Å²) >= 11 is 0. The molecule has 3 aromatic rings. The van der Waals surface area contributed by atoms with Crippen LogP contribution in [0, 0.1) is 13.8 Å². The van der Waals surface area contributed by atoms with Crippen LogP contribution in [-0.2, 0) is 6.54 Å². The van der Waals surface area contributed by atoms with Crippen molar-refractivity contribution in [3.8, 4) is 11.1 Å². The molecule has 168 valence electrons. The maximum Gasteiger partial charge on any atom is 0.204 e. The van der Waals surface area contributed by atoms with Gasteiger partial charge in [-0.3, -0.25) is 0 Å². The summed E-state index contributed by atoms with van der Waals surface area (Å²) in [4.78, 5) is 4.78. The smallest absolute Gasteiger partial charge is 0.204 e. The van der Waals surface area contributed by atoms with Gasteiger partial charge in [-0.1, -0.05) is 69.8 Å². The number of hydrogen-bond donors (Lipinski definition) is 1. The molecule has 0 aliphatic rings. The average Bonchev–Trinajstić information content (AvgIpc) is 3.32. The minimum absolute atomic E-state index is 0.727. The van der Waals surface area contributed by atoms with E-state index in [2.05, 4.69) is 58.9 Å². The first-order valence-electron chi connectivity index (χ1n) is 11.2. The first kappa shape index (κ1) is 26.0. The van der Waals surface area contributed by atoms with Gasteiger partial charge in [0.15, 0.2) is 0 Å². The summed E-state index contributed by atoms with van der Waals surface area (Å²) in [7, 11) is 0. The first-order valence-corrected chi connectivity index (χ1v) is 11.2. The Morgan fingerprint density at radius 1 is 1.19 bits per heavy atom. The molecule has 0 saturated carbocycles. The average molecular weight is 423 g/mol. The van der Waals surface area contributed by atoms with Crippen LogP contribution in [0.1, 0.15) is 53.0 Å². The van der Waals surface area contributed by atoms with E-state index in [-0.39, 0.29) is 0 Å². The van der Waals surface area contributed by atoms with Crippen LogP contribution in [0.4, 0.5) is 5.95 Å². The lowest BCUT2D eigenvalue weighted by Crippen LogP contribution is -2.08. The van der Waals surface area contributed by atoms with Crippen molar-refractivity contribution in [3.63, 3.8) is 0 Å². The van der Waals surface area contributed by atoms with Gasteiger partial charge < -0.3 is 14.4 Å². The molecule has 0 spiro atoms. The van der Waals surface area contributed by atoms with E-state index in [9.17, 15) is 0 Å². The third-order valence-electron chi connectivity index (χ3n) is 4.56. The quantitative estimate of drug-likeness (QED) is 0.401. The van der Waals surface area contributed by atoms with E-state index in [0.29, 0.717) is 0 Å². The highest BCUT2D eigenvalue weighted by Crippen LogP contribution is 2.31. The molecule has 3 rings (SSSR count). The summed E-state index contributed by atoms with van der Waals surface area (Å²) in [5.74, 6) is 1.70. The van der Waals surface area contributed by atoms with Gasteiger partial charge in [0.1, 0.15) is 5.76 Å². The van der Waals surface area contributed by atoms with Crippen molar-refractivity contribution in [2.75, 3.05) is 11.9 Å². The van der Waals surface area contributed by atoms with Crippen molar-refractivity contribution in [1.82, 2.24) is 14.7 Å². The first-order chi connectivity index (χ1) is 15.1. The molecule has 0 atom stereocenters. The topological polar surface area (TPSA) is 55.9 Å². The molecule has 0 aliphatic heterocycles. The lowest BCUT2D eigenvalue weighted by molar-refractivity contribution is 0.393. The van der Waals surface area contributed by atoms with Crippen molar-refractivity contribution < 1.29 is 4.52 Å². The van der Waals surface area contributed by atoms with E-state index in [1.54, 1.807) is 6.08 Å². The van der Waals surface area contributed by atoms with Gasteiger partial charge in [-0.05, 0) is 51.0 Å². The number of aryl methyl sites for hydroxylation is 2. The van der Waals surface area contributed by atoms with Gasteiger partial charge in [-0.15, -0.1) is 0 Å². The zero-order chi connectivity index (χ0) is 23.4. The fourth-order valence-corrected chi connectivity index (χ4v) is 3.24. The Labute approximate surface area is 187 Å². The van der Waals surface area contributed by atoms with Crippen LogP contribution in [0.25, 0.3) is 22.2 Å². The largest absolute Gasteiger partial charge is 0.361 e. The van der Waals surface area contributed by atoms with E-state index in [1.807, 2.05) is 54.5 Å². The fourth-order valence-electron chi connectivity index (χ4n) is 3.24. The molecule has 0 amide bonds. The van der Waals surface area contributed by atoms with Crippen LogP contribution in [0.15, 0.2) is 59.2 Å².